The number of hydrogen-bond donors (Lipinski definition) is 2. The largest absolute Gasteiger partial charge is 0.493 e. The minimum absolute atomic E-state index is 0. The average Bonchev–Trinajstić information content (AvgIpc) is 2.86. The van der Waals surface area contributed by atoms with Crippen molar-refractivity contribution in [1.29, 1.82) is 0 Å². The van der Waals surface area contributed by atoms with Crippen LogP contribution in [-0.4, -0.2) is 37.7 Å². The summed E-state index contributed by atoms with van der Waals surface area (Å²) >= 11 is 0. The van der Waals surface area contributed by atoms with Crippen molar-refractivity contribution in [2.45, 2.75) is 50.2 Å². The third-order valence-electron chi connectivity index (χ3n) is 4.49. The molecule has 2 aliphatic heterocycles. The van der Waals surface area contributed by atoms with Crippen LogP contribution in [0, 0.1) is 0 Å². The molecule has 5 nitrogen and oxygen atoms in total. The van der Waals surface area contributed by atoms with E-state index in [1.165, 1.54) is 12.8 Å². The van der Waals surface area contributed by atoms with Crippen molar-refractivity contribution >= 4 is 18.3 Å². The highest BCUT2D eigenvalue weighted by atomic mass is 35.5. The minimum Gasteiger partial charge on any atom is -0.493 e. The number of hydrogen-bond acceptors (Lipinski definition) is 4. The number of benzene rings is 1. The third kappa shape index (κ3) is 4.75. The van der Waals surface area contributed by atoms with Crippen molar-refractivity contribution in [3.8, 4) is 11.5 Å². The third-order valence-corrected chi connectivity index (χ3v) is 4.49. The summed E-state index contributed by atoms with van der Waals surface area (Å²) in [5.74, 6) is 1.44. The molecule has 1 aromatic rings. The number of carbonyl (C=O) groups excluding carboxylic acids is 1. The molecule has 23 heavy (non-hydrogen) atoms. The summed E-state index contributed by atoms with van der Waals surface area (Å²) in [7, 11) is 1.61. The molecule has 1 amide bonds. The molecule has 0 aromatic heterocycles. The molecule has 2 N–H and O–H groups in total. The summed E-state index contributed by atoms with van der Waals surface area (Å²) < 4.78 is 10.9. The molecule has 0 saturated carbocycles. The van der Waals surface area contributed by atoms with Gasteiger partial charge in [0, 0.05) is 18.1 Å². The van der Waals surface area contributed by atoms with Gasteiger partial charge < -0.3 is 20.1 Å². The van der Waals surface area contributed by atoms with Gasteiger partial charge in [0.2, 0.25) is 5.91 Å². The highest BCUT2D eigenvalue weighted by molar-refractivity contribution is 5.85. The molecule has 2 saturated heterocycles. The lowest BCUT2D eigenvalue weighted by Crippen LogP contribution is -2.48. The van der Waals surface area contributed by atoms with Gasteiger partial charge in [-0.2, -0.15) is 0 Å². The van der Waals surface area contributed by atoms with Crippen LogP contribution < -0.4 is 20.1 Å². The molecule has 2 bridgehead atoms. The molecular formula is C17H25ClN2O3. The lowest BCUT2D eigenvalue weighted by molar-refractivity contribution is -0.122. The molecule has 2 heterocycles. The summed E-state index contributed by atoms with van der Waals surface area (Å²) in [5, 5.41) is 6.73. The van der Waals surface area contributed by atoms with Gasteiger partial charge in [0.15, 0.2) is 11.5 Å². The van der Waals surface area contributed by atoms with Crippen LogP contribution in [0.2, 0.25) is 0 Å². The highest BCUT2D eigenvalue weighted by Gasteiger charge is 2.33. The van der Waals surface area contributed by atoms with Gasteiger partial charge in [-0.1, -0.05) is 12.1 Å². The molecule has 6 heteroatoms. The number of fused-ring (bicyclic) bond motifs is 2. The molecular weight excluding hydrogens is 316 g/mol. The number of carbonyl (C=O) groups is 1. The molecule has 128 valence electrons. The summed E-state index contributed by atoms with van der Waals surface area (Å²) in [6.45, 7) is 0.365. The van der Waals surface area contributed by atoms with Crippen molar-refractivity contribution in [3.05, 3.63) is 24.3 Å². The van der Waals surface area contributed by atoms with Gasteiger partial charge >= 0.3 is 0 Å². The van der Waals surface area contributed by atoms with Crippen LogP contribution in [0.5, 0.6) is 11.5 Å². The molecule has 2 atom stereocenters. The fourth-order valence-corrected chi connectivity index (χ4v) is 3.47. The first-order valence-electron chi connectivity index (χ1n) is 8.06. The Balaban J connectivity index is 0.00000192. The van der Waals surface area contributed by atoms with Crippen LogP contribution in [0.15, 0.2) is 24.3 Å². The zero-order valence-electron chi connectivity index (χ0n) is 13.4. The highest BCUT2D eigenvalue weighted by Crippen LogP contribution is 2.27. The predicted octanol–water partition coefficient (Wildman–Crippen LogP) is 2.29. The number of rotatable bonds is 6. The van der Waals surface area contributed by atoms with Gasteiger partial charge in [-0.25, -0.2) is 0 Å². The van der Waals surface area contributed by atoms with E-state index in [0.717, 1.165) is 12.8 Å². The Morgan fingerprint density at radius 3 is 2.52 bits per heavy atom. The quantitative estimate of drug-likeness (QED) is 0.834. The zero-order valence-corrected chi connectivity index (χ0v) is 14.2. The van der Waals surface area contributed by atoms with E-state index in [0.29, 0.717) is 42.7 Å². The van der Waals surface area contributed by atoms with Gasteiger partial charge in [0.1, 0.15) is 0 Å². The first-order valence-corrected chi connectivity index (χ1v) is 8.06. The van der Waals surface area contributed by atoms with Crippen molar-refractivity contribution in [1.82, 2.24) is 10.6 Å². The van der Waals surface area contributed by atoms with Gasteiger partial charge in [-0.3, -0.25) is 4.79 Å². The number of nitrogens with one attached hydrogen (secondary N) is 2. The predicted molar refractivity (Wildman–Crippen MR) is 91.5 cm³/mol. The number of amides is 1. The smallest absolute Gasteiger partial charge is 0.223 e. The maximum atomic E-state index is 12.0. The Bertz CT molecular complexity index is 514. The van der Waals surface area contributed by atoms with Crippen molar-refractivity contribution in [2.24, 2.45) is 0 Å². The van der Waals surface area contributed by atoms with Gasteiger partial charge in [0.25, 0.3) is 0 Å². The summed E-state index contributed by atoms with van der Waals surface area (Å²) in [6, 6.07) is 8.98. The Hall–Kier alpha value is -1.46. The Kier molecular flexibility index (Phi) is 6.54. The molecule has 2 aliphatic rings. The Morgan fingerprint density at radius 2 is 1.87 bits per heavy atom. The van der Waals surface area contributed by atoms with E-state index in [-0.39, 0.29) is 18.3 Å². The number of piperidine rings is 1. The van der Waals surface area contributed by atoms with E-state index in [1.54, 1.807) is 7.11 Å². The maximum absolute atomic E-state index is 12.0. The number of methoxy groups -OCH3 is 1. The van der Waals surface area contributed by atoms with Crippen molar-refractivity contribution in [3.63, 3.8) is 0 Å². The number of halogens is 1. The lowest BCUT2D eigenvalue weighted by Gasteiger charge is -2.29. The van der Waals surface area contributed by atoms with E-state index in [1.807, 2.05) is 24.3 Å². The van der Waals surface area contributed by atoms with Crippen LogP contribution in [0.4, 0.5) is 0 Å². The second kappa shape index (κ2) is 8.41. The molecule has 0 aliphatic carbocycles. The van der Waals surface area contributed by atoms with Gasteiger partial charge in [0.05, 0.1) is 20.1 Å². The lowest BCUT2D eigenvalue weighted by atomic mass is 10.00. The zero-order chi connectivity index (χ0) is 15.4. The normalized spacial score (nSPS) is 25.3. The van der Waals surface area contributed by atoms with Crippen molar-refractivity contribution < 1.29 is 14.3 Å². The van der Waals surface area contributed by atoms with Crippen LogP contribution in [0.1, 0.15) is 32.1 Å². The van der Waals surface area contributed by atoms with E-state index in [9.17, 15) is 4.79 Å². The van der Waals surface area contributed by atoms with Crippen LogP contribution in [-0.2, 0) is 4.79 Å². The second-order valence-electron chi connectivity index (χ2n) is 6.12. The summed E-state index contributed by atoms with van der Waals surface area (Å²) in [4.78, 5) is 12.0. The monoisotopic (exact) mass is 340 g/mol. The molecule has 2 fully saturated rings. The second-order valence-corrected chi connectivity index (χ2v) is 6.12. The summed E-state index contributed by atoms with van der Waals surface area (Å²) in [6.07, 6.45) is 4.96. The number of para-hydroxylation sites is 2. The fraction of sp³-hybridized carbons (Fsp3) is 0.588. The molecule has 0 radical (unpaired) electrons. The standard InChI is InChI=1S/C17H24N2O3.ClH/c1-21-15-4-2-3-5-16(15)22-9-8-17(20)19-14-10-12-6-7-13(11-14)18-12;/h2-5,12-14,18H,6-11H2,1H3,(H,19,20);1H. The van der Waals surface area contributed by atoms with Gasteiger partial charge in [-0.05, 0) is 37.8 Å². The molecule has 1 aromatic carbocycles. The minimum atomic E-state index is 0. The molecule has 0 spiro atoms. The van der Waals surface area contributed by atoms with Crippen LogP contribution >= 0.6 is 12.4 Å². The number of ether oxygens (including phenoxy) is 2. The van der Waals surface area contributed by atoms with Gasteiger partial charge in [-0.15, -0.1) is 12.4 Å². The van der Waals surface area contributed by atoms with E-state index < -0.39 is 0 Å². The van der Waals surface area contributed by atoms with Crippen LogP contribution in [0.25, 0.3) is 0 Å². The topological polar surface area (TPSA) is 59.6 Å². The molecule has 3 rings (SSSR count). The SMILES string of the molecule is COc1ccccc1OCCC(=O)NC1CC2CCC(C1)N2.Cl. The first-order chi connectivity index (χ1) is 10.7. The fourth-order valence-electron chi connectivity index (χ4n) is 3.47. The Morgan fingerprint density at radius 1 is 1.22 bits per heavy atom. The first kappa shape index (κ1) is 17.9. The van der Waals surface area contributed by atoms with E-state index in [2.05, 4.69) is 10.6 Å². The van der Waals surface area contributed by atoms with Crippen molar-refractivity contribution in [2.75, 3.05) is 13.7 Å². The Labute approximate surface area is 143 Å². The summed E-state index contributed by atoms with van der Waals surface area (Å²) in [5.41, 5.74) is 0. The van der Waals surface area contributed by atoms with E-state index in [4.69, 9.17) is 9.47 Å². The average molecular weight is 341 g/mol. The van der Waals surface area contributed by atoms with Crippen LogP contribution in [0.3, 0.4) is 0 Å². The maximum Gasteiger partial charge on any atom is 0.223 e. The van der Waals surface area contributed by atoms with E-state index >= 15 is 0 Å². The molecule has 2 unspecified atom stereocenters.